The molecular formula is C6H4ClFN2O2S2. The SMILES string of the molecule is OS(O)(Cl)c1ccc(F)c2nsnc12. The van der Waals surface area contributed by atoms with Gasteiger partial charge in [0.2, 0.25) is 0 Å². The molecule has 76 valence electrons. The Balaban J connectivity index is 2.80. The van der Waals surface area contributed by atoms with E-state index in [2.05, 4.69) is 8.75 Å². The molecule has 8 heteroatoms. The lowest BCUT2D eigenvalue weighted by atomic mass is 10.3. The third kappa shape index (κ3) is 1.57. The third-order valence-electron chi connectivity index (χ3n) is 1.61. The average Bonchev–Trinajstić information content (AvgIpc) is 2.50. The van der Waals surface area contributed by atoms with Crippen molar-refractivity contribution in [1.82, 2.24) is 8.75 Å². The third-order valence-corrected chi connectivity index (χ3v) is 3.53. The number of fused-ring (bicyclic) bond motifs is 1. The first-order valence-electron chi connectivity index (χ1n) is 3.39. The molecule has 1 heterocycles. The highest BCUT2D eigenvalue weighted by atomic mass is 35.7. The summed E-state index contributed by atoms with van der Waals surface area (Å²) in [6, 6.07) is 2.27. The number of hydrogen-bond acceptors (Lipinski definition) is 5. The molecule has 0 aliphatic heterocycles. The van der Waals surface area contributed by atoms with Crippen molar-refractivity contribution < 1.29 is 13.5 Å². The van der Waals surface area contributed by atoms with Crippen LogP contribution in [0.15, 0.2) is 17.0 Å². The lowest BCUT2D eigenvalue weighted by molar-refractivity contribution is 0.508. The lowest BCUT2D eigenvalue weighted by Gasteiger charge is -2.22. The summed E-state index contributed by atoms with van der Waals surface area (Å²) in [5.41, 5.74) is 0.109. The first kappa shape index (κ1) is 10.1. The maximum absolute atomic E-state index is 13.1. The average molecular weight is 255 g/mol. The summed E-state index contributed by atoms with van der Waals surface area (Å²) in [4.78, 5) is 0.00400. The van der Waals surface area contributed by atoms with E-state index in [9.17, 15) is 13.5 Å². The van der Waals surface area contributed by atoms with Crippen LogP contribution in [0.25, 0.3) is 11.0 Å². The molecule has 14 heavy (non-hydrogen) atoms. The molecule has 0 spiro atoms. The number of halogens is 2. The summed E-state index contributed by atoms with van der Waals surface area (Å²) in [6.07, 6.45) is 0. The summed E-state index contributed by atoms with van der Waals surface area (Å²) in [5, 5.41) is 0. The molecule has 0 unspecified atom stereocenters. The summed E-state index contributed by atoms with van der Waals surface area (Å²) >= 11 is 0.790. The molecule has 0 amide bonds. The molecule has 0 aliphatic carbocycles. The Hall–Kier alpha value is -0.470. The molecule has 1 aromatic carbocycles. The molecular weight excluding hydrogens is 251 g/mol. The number of aromatic nitrogens is 2. The van der Waals surface area contributed by atoms with E-state index in [1.54, 1.807) is 0 Å². The van der Waals surface area contributed by atoms with Crippen molar-refractivity contribution >= 4 is 43.2 Å². The fourth-order valence-corrected chi connectivity index (χ4v) is 2.65. The highest BCUT2D eigenvalue weighted by Crippen LogP contribution is 2.54. The fraction of sp³-hybridized carbons (Fsp3) is 0. The van der Waals surface area contributed by atoms with Crippen molar-refractivity contribution in [3.05, 3.63) is 17.9 Å². The van der Waals surface area contributed by atoms with Crippen LogP contribution in [0.5, 0.6) is 0 Å². The molecule has 0 saturated carbocycles. The van der Waals surface area contributed by atoms with Gasteiger partial charge in [-0.15, -0.1) is 0 Å². The van der Waals surface area contributed by atoms with Crippen LogP contribution >= 0.6 is 32.2 Å². The van der Waals surface area contributed by atoms with Crippen LogP contribution in [0.3, 0.4) is 0 Å². The van der Waals surface area contributed by atoms with E-state index < -0.39 is 15.6 Å². The molecule has 2 aromatic rings. The van der Waals surface area contributed by atoms with Crippen molar-refractivity contribution in [3.8, 4) is 0 Å². The minimum absolute atomic E-state index is 0.00400. The van der Waals surface area contributed by atoms with Crippen LogP contribution in [0.1, 0.15) is 0 Å². The van der Waals surface area contributed by atoms with Gasteiger partial charge in [0.05, 0.1) is 11.7 Å². The monoisotopic (exact) mass is 254 g/mol. The van der Waals surface area contributed by atoms with Crippen molar-refractivity contribution in [1.29, 1.82) is 0 Å². The van der Waals surface area contributed by atoms with Crippen molar-refractivity contribution in [2.75, 3.05) is 0 Å². The van der Waals surface area contributed by atoms with Crippen molar-refractivity contribution in [2.45, 2.75) is 4.90 Å². The van der Waals surface area contributed by atoms with Gasteiger partial charge >= 0.3 is 0 Å². The molecule has 0 bridgehead atoms. The maximum Gasteiger partial charge on any atom is 0.152 e. The highest BCUT2D eigenvalue weighted by molar-refractivity contribution is 8.43. The highest BCUT2D eigenvalue weighted by Gasteiger charge is 2.19. The van der Waals surface area contributed by atoms with Crippen LogP contribution in [0.2, 0.25) is 0 Å². The molecule has 2 rings (SSSR count). The van der Waals surface area contributed by atoms with Crippen LogP contribution in [-0.2, 0) is 0 Å². The van der Waals surface area contributed by atoms with Gasteiger partial charge < -0.3 is 0 Å². The van der Waals surface area contributed by atoms with Crippen LogP contribution in [0, 0.1) is 5.82 Å². The second-order valence-electron chi connectivity index (χ2n) is 2.49. The standard InChI is InChI=1S/C6H4ClFN2O2S2/c7-14(11,12)4-2-1-3(8)5-6(4)10-13-9-5/h1-2,11-12H. The second-order valence-corrected chi connectivity index (χ2v) is 5.70. The van der Waals surface area contributed by atoms with Gasteiger partial charge in [0.25, 0.3) is 0 Å². The van der Waals surface area contributed by atoms with E-state index in [1.165, 1.54) is 6.07 Å². The molecule has 2 N–H and O–H groups in total. The van der Waals surface area contributed by atoms with Crippen molar-refractivity contribution in [3.63, 3.8) is 0 Å². The molecule has 0 saturated heterocycles. The first-order valence-corrected chi connectivity index (χ1v) is 6.49. The van der Waals surface area contributed by atoms with Crippen LogP contribution in [-0.4, -0.2) is 17.9 Å². The van der Waals surface area contributed by atoms with E-state index in [0.717, 1.165) is 17.8 Å². The normalized spacial score (nSPS) is 13.4. The Bertz CT molecular complexity index is 484. The Labute approximate surface area is 88.5 Å². The molecule has 0 radical (unpaired) electrons. The largest absolute Gasteiger partial charge is 0.281 e. The minimum atomic E-state index is -3.41. The maximum atomic E-state index is 13.1. The predicted molar refractivity (Wildman–Crippen MR) is 54.3 cm³/mol. The molecule has 1 aromatic heterocycles. The summed E-state index contributed by atoms with van der Waals surface area (Å²) in [7, 11) is 1.95. The predicted octanol–water partition coefficient (Wildman–Crippen LogP) is 3.09. The Morgan fingerprint density at radius 2 is 1.93 bits per heavy atom. The summed E-state index contributed by atoms with van der Waals surface area (Å²) in [6.45, 7) is 0. The van der Waals surface area contributed by atoms with Gasteiger partial charge in [0.1, 0.15) is 15.9 Å². The smallest absolute Gasteiger partial charge is 0.152 e. The summed E-state index contributed by atoms with van der Waals surface area (Å²) in [5.74, 6) is -0.558. The van der Waals surface area contributed by atoms with Gasteiger partial charge in [0, 0.05) is 10.7 Å². The molecule has 0 fully saturated rings. The second kappa shape index (κ2) is 3.28. The Morgan fingerprint density at radius 3 is 2.57 bits per heavy atom. The first-order chi connectivity index (χ1) is 6.50. The zero-order valence-corrected chi connectivity index (χ0v) is 8.90. The molecule has 0 aliphatic rings. The fourth-order valence-electron chi connectivity index (χ4n) is 1.02. The van der Waals surface area contributed by atoms with Gasteiger partial charge in [-0.3, -0.25) is 9.11 Å². The van der Waals surface area contributed by atoms with Gasteiger partial charge in [0.15, 0.2) is 5.82 Å². The van der Waals surface area contributed by atoms with E-state index in [1.807, 2.05) is 0 Å². The lowest BCUT2D eigenvalue weighted by Crippen LogP contribution is -1.92. The van der Waals surface area contributed by atoms with E-state index in [-0.39, 0.29) is 15.9 Å². The number of nitrogens with zero attached hydrogens (tertiary/aromatic N) is 2. The van der Waals surface area contributed by atoms with E-state index in [4.69, 9.17) is 10.7 Å². The quantitative estimate of drug-likeness (QED) is 0.821. The van der Waals surface area contributed by atoms with Crippen LogP contribution < -0.4 is 0 Å². The Morgan fingerprint density at radius 1 is 1.29 bits per heavy atom. The number of hydrogen-bond donors (Lipinski definition) is 2. The molecule has 0 atom stereocenters. The minimum Gasteiger partial charge on any atom is -0.281 e. The van der Waals surface area contributed by atoms with Gasteiger partial charge in [-0.2, -0.15) is 8.75 Å². The van der Waals surface area contributed by atoms with E-state index in [0.29, 0.717) is 0 Å². The molecule has 4 nitrogen and oxygen atoms in total. The Kier molecular flexibility index (Phi) is 2.36. The zero-order valence-electron chi connectivity index (χ0n) is 6.52. The number of benzene rings is 1. The van der Waals surface area contributed by atoms with Gasteiger partial charge in [-0.05, 0) is 12.1 Å². The summed E-state index contributed by atoms with van der Waals surface area (Å²) < 4.78 is 39.0. The number of rotatable bonds is 1. The van der Waals surface area contributed by atoms with Crippen molar-refractivity contribution in [2.24, 2.45) is 0 Å². The van der Waals surface area contributed by atoms with Crippen LogP contribution in [0.4, 0.5) is 4.39 Å². The topological polar surface area (TPSA) is 66.2 Å². The van der Waals surface area contributed by atoms with E-state index >= 15 is 0 Å². The van der Waals surface area contributed by atoms with Gasteiger partial charge in [-0.25, -0.2) is 4.39 Å². The van der Waals surface area contributed by atoms with Gasteiger partial charge in [-0.1, -0.05) is 9.80 Å². The zero-order chi connectivity index (χ0) is 10.3.